The minimum Gasteiger partial charge on any atom is -0.486 e. The van der Waals surface area contributed by atoms with E-state index in [2.05, 4.69) is 0 Å². The molecule has 3 rings (SSSR count). The fraction of sp³-hybridized carbons (Fsp3) is 0.263. The molecule has 0 unspecified atom stereocenters. The summed E-state index contributed by atoms with van der Waals surface area (Å²) in [5.41, 5.74) is 1.06. The Bertz CT molecular complexity index is 1010. The van der Waals surface area contributed by atoms with Gasteiger partial charge in [-0.3, -0.25) is 14.3 Å². The van der Waals surface area contributed by atoms with Crippen LogP contribution in [0.1, 0.15) is 18.1 Å². The van der Waals surface area contributed by atoms with Crippen LogP contribution < -0.4 is 9.47 Å². The van der Waals surface area contributed by atoms with Gasteiger partial charge in [-0.05, 0) is 38.1 Å². The molecule has 0 aromatic heterocycles. The first-order valence-electron chi connectivity index (χ1n) is 8.51. The summed E-state index contributed by atoms with van der Waals surface area (Å²) in [7, 11) is -3.95. The van der Waals surface area contributed by atoms with Crippen molar-refractivity contribution in [3.8, 4) is 11.5 Å². The third-order valence-corrected chi connectivity index (χ3v) is 5.39. The number of benzene rings is 2. The predicted molar refractivity (Wildman–Crippen MR) is 102 cm³/mol. The van der Waals surface area contributed by atoms with E-state index in [-0.39, 0.29) is 35.1 Å². The number of fused-ring (bicyclic) bond motifs is 1. The Hall–Kier alpha value is -2.91. The van der Waals surface area contributed by atoms with Gasteiger partial charge in [0.05, 0.1) is 15.4 Å². The SMILES string of the molecule is C/C=C\c1c([N+](=O)[O-])ccc2c1O[C@@H](COS(=O)(=O)c1ccc(C)cc1)CO2. The first-order chi connectivity index (χ1) is 13.3. The van der Waals surface area contributed by atoms with Crippen LogP contribution in [0.4, 0.5) is 5.69 Å². The maximum Gasteiger partial charge on any atom is 0.297 e. The third-order valence-electron chi connectivity index (χ3n) is 4.09. The molecule has 0 saturated heterocycles. The molecule has 0 saturated carbocycles. The predicted octanol–water partition coefficient (Wildman–Crippen LogP) is 3.48. The zero-order valence-corrected chi connectivity index (χ0v) is 16.1. The molecule has 2 aromatic rings. The molecule has 2 aromatic carbocycles. The number of allylic oxidation sites excluding steroid dienone is 1. The number of hydrogen-bond acceptors (Lipinski definition) is 7. The number of hydrogen-bond donors (Lipinski definition) is 0. The smallest absolute Gasteiger partial charge is 0.297 e. The van der Waals surface area contributed by atoms with Crippen molar-refractivity contribution in [2.24, 2.45) is 0 Å². The van der Waals surface area contributed by atoms with Gasteiger partial charge >= 0.3 is 0 Å². The molecule has 8 nitrogen and oxygen atoms in total. The van der Waals surface area contributed by atoms with Gasteiger partial charge in [-0.2, -0.15) is 8.42 Å². The minimum atomic E-state index is -3.95. The monoisotopic (exact) mass is 405 g/mol. The topological polar surface area (TPSA) is 105 Å². The molecule has 9 heteroatoms. The van der Waals surface area contributed by atoms with Crippen LogP contribution in [-0.2, 0) is 14.3 Å². The third kappa shape index (κ3) is 4.15. The van der Waals surface area contributed by atoms with E-state index in [1.165, 1.54) is 24.3 Å². The van der Waals surface area contributed by atoms with Crippen molar-refractivity contribution in [3.63, 3.8) is 0 Å². The second-order valence-corrected chi connectivity index (χ2v) is 7.80. The molecule has 1 heterocycles. The van der Waals surface area contributed by atoms with Crippen LogP contribution in [0.15, 0.2) is 47.4 Å². The minimum absolute atomic E-state index is 0.0421. The van der Waals surface area contributed by atoms with Gasteiger partial charge in [-0.25, -0.2) is 0 Å². The molecular weight excluding hydrogens is 386 g/mol. The lowest BCUT2D eigenvalue weighted by Gasteiger charge is -2.27. The van der Waals surface area contributed by atoms with E-state index >= 15 is 0 Å². The van der Waals surface area contributed by atoms with E-state index in [1.807, 2.05) is 6.92 Å². The average Bonchev–Trinajstić information content (AvgIpc) is 2.67. The van der Waals surface area contributed by atoms with Gasteiger partial charge < -0.3 is 9.47 Å². The van der Waals surface area contributed by atoms with Crippen molar-refractivity contribution in [2.75, 3.05) is 13.2 Å². The standard InChI is InChI=1S/C19H19NO7S/c1-3-4-16-17(20(21)22)9-10-18-19(16)27-14(11-25-18)12-26-28(23,24)15-7-5-13(2)6-8-15/h3-10,14H,11-12H2,1-2H3/b4-3-/t14-/m1/s1. The van der Waals surface area contributed by atoms with Gasteiger partial charge in [-0.1, -0.05) is 23.8 Å². The van der Waals surface area contributed by atoms with Gasteiger partial charge in [0.2, 0.25) is 0 Å². The highest BCUT2D eigenvalue weighted by Crippen LogP contribution is 2.41. The molecule has 28 heavy (non-hydrogen) atoms. The van der Waals surface area contributed by atoms with E-state index in [0.717, 1.165) is 5.56 Å². The van der Waals surface area contributed by atoms with Crippen molar-refractivity contribution < 1.29 is 27.0 Å². The zero-order chi connectivity index (χ0) is 20.3. The Kier molecular flexibility index (Phi) is 5.66. The Balaban J connectivity index is 1.79. The Morgan fingerprint density at radius 2 is 1.96 bits per heavy atom. The molecule has 0 amide bonds. The molecule has 148 valence electrons. The van der Waals surface area contributed by atoms with Crippen LogP contribution in [0.2, 0.25) is 0 Å². The van der Waals surface area contributed by atoms with E-state index in [9.17, 15) is 18.5 Å². The normalized spacial score (nSPS) is 16.3. The molecule has 1 aliphatic heterocycles. The fourth-order valence-corrected chi connectivity index (χ4v) is 3.63. The molecule has 0 N–H and O–H groups in total. The molecular formula is C19H19NO7S. The number of nitrogens with zero attached hydrogens (tertiary/aromatic N) is 1. The van der Waals surface area contributed by atoms with E-state index in [4.69, 9.17) is 13.7 Å². The highest BCUT2D eigenvalue weighted by molar-refractivity contribution is 7.86. The van der Waals surface area contributed by atoms with Crippen molar-refractivity contribution in [3.05, 3.63) is 63.7 Å². The summed E-state index contributed by atoms with van der Waals surface area (Å²) in [6.07, 6.45) is 2.46. The fourth-order valence-electron chi connectivity index (χ4n) is 2.70. The molecule has 0 fully saturated rings. The second-order valence-electron chi connectivity index (χ2n) is 6.19. The highest BCUT2D eigenvalue weighted by Gasteiger charge is 2.29. The van der Waals surface area contributed by atoms with Crippen LogP contribution in [0.5, 0.6) is 11.5 Å². The van der Waals surface area contributed by atoms with Crippen LogP contribution >= 0.6 is 0 Å². The van der Waals surface area contributed by atoms with Crippen molar-refractivity contribution in [2.45, 2.75) is 24.8 Å². The van der Waals surface area contributed by atoms with Crippen LogP contribution in [0, 0.1) is 17.0 Å². The lowest BCUT2D eigenvalue weighted by Crippen LogP contribution is -2.34. The summed E-state index contributed by atoms with van der Waals surface area (Å²) in [6, 6.07) is 9.08. The molecule has 0 spiro atoms. The zero-order valence-electron chi connectivity index (χ0n) is 15.3. The quantitative estimate of drug-likeness (QED) is 0.411. The molecule has 0 bridgehead atoms. The first kappa shape index (κ1) is 19.8. The van der Waals surface area contributed by atoms with Gasteiger partial charge in [0.25, 0.3) is 15.8 Å². The Morgan fingerprint density at radius 3 is 2.61 bits per heavy atom. The van der Waals surface area contributed by atoms with Crippen LogP contribution in [0.3, 0.4) is 0 Å². The van der Waals surface area contributed by atoms with Crippen molar-refractivity contribution in [1.29, 1.82) is 0 Å². The second kappa shape index (κ2) is 7.99. The number of rotatable bonds is 6. The molecule has 0 radical (unpaired) electrons. The van der Waals surface area contributed by atoms with Crippen molar-refractivity contribution in [1.82, 2.24) is 0 Å². The lowest BCUT2D eigenvalue weighted by atomic mass is 10.1. The van der Waals surface area contributed by atoms with E-state index in [1.54, 1.807) is 31.2 Å². The summed E-state index contributed by atoms with van der Waals surface area (Å²) >= 11 is 0. The summed E-state index contributed by atoms with van der Waals surface area (Å²) in [4.78, 5) is 10.8. The number of ether oxygens (including phenoxy) is 2. The summed E-state index contributed by atoms with van der Waals surface area (Å²) in [5.74, 6) is 0.552. The van der Waals surface area contributed by atoms with Crippen molar-refractivity contribution >= 4 is 21.9 Å². The average molecular weight is 405 g/mol. The molecule has 1 aliphatic rings. The largest absolute Gasteiger partial charge is 0.486 e. The summed E-state index contributed by atoms with van der Waals surface area (Å²) < 4.78 is 41.1. The van der Waals surface area contributed by atoms with Crippen LogP contribution in [0.25, 0.3) is 6.08 Å². The Morgan fingerprint density at radius 1 is 1.25 bits per heavy atom. The maximum atomic E-state index is 12.3. The van der Waals surface area contributed by atoms with Gasteiger partial charge in [0, 0.05) is 6.07 Å². The number of nitro benzene ring substituents is 1. The molecule has 1 atom stereocenters. The number of nitro groups is 1. The molecule has 0 aliphatic carbocycles. The summed E-state index contributed by atoms with van der Waals surface area (Å²) in [5, 5.41) is 11.3. The lowest BCUT2D eigenvalue weighted by molar-refractivity contribution is -0.385. The Labute approximate surface area is 162 Å². The van der Waals surface area contributed by atoms with E-state index in [0.29, 0.717) is 5.75 Å². The summed E-state index contributed by atoms with van der Waals surface area (Å²) in [6.45, 7) is 3.35. The van der Waals surface area contributed by atoms with Gasteiger partial charge in [0.15, 0.2) is 17.6 Å². The van der Waals surface area contributed by atoms with Gasteiger partial charge in [0.1, 0.15) is 13.2 Å². The van der Waals surface area contributed by atoms with Crippen LogP contribution in [-0.4, -0.2) is 32.7 Å². The number of aryl methyl sites for hydroxylation is 1. The first-order valence-corrected chi connectivity index (χ1v) is 9.92. The van der Waals surface area contributed by atoms with E-state index < -0.39 is 21.1 Å². The van der Waals surface area contributed by atoms with Gasteiger partial charge in [-0.15, -0.1) is 0 Å². The highest BCUT2D eigenvalue weighted by atomic mass is 32.2. The maximum absolute atomic E-state index is 12.3.